The molecule has 3 aromatic rings. The molecule has 4 rings (SSSR count). The van der Waals surface area contributed by atoms with Crippen LogP contribution in [0.3, 0.4) is 0 Å². The zero-order chi connectivity index (χ0) is 18.5. The molecule has 140 valence electrons. The van der Waals surface area contributed by atoms with E-state index >= 15 is 0 Å². The fourth-order valence-electron chi connectivity index (χ4n) is 3.18. The molecule has 1 aliphatic heterocycles. The van der Waals surface area contributed by atoms with Crippen molar-refractivity contribution in [3.63, 3.8) is 0 Å². The smallest absolute Gasteiger partial charge is 0.214 e. The van der Waals surface area contributed by atoms with Crippen molar-refractivity contribution in [3.8, 4) is 0 Å². The Morgan fingerprint density at radius 2 is 1.96 bits per heavy atom. The molecule has 0 spiro atoms. The van der Waals surface area contributed by atoms with E-state index in [2.05, 4.69) is 4.98 Å². The van der Waals surface area contributed by atoms with Crippen LogP contribution in [0.4, 0.5) is 0 Å². The first-order valence-electron chi connectivity index (χ1n) is 8.89. The molecule has 0 aliphatic carbocycles. The van der Waals surface area contributed by atoms with Gasteiger partial charge in [0.2, 0.25) is 5.79 Å². The Bertz CT molecular complexity index is 838. The van der Waals surface area contributed by atoms with E-state index in [1.54, 1.807) is 12.5 Å². The van der Waals surface area contributed by atoms with Crippen LogP contribution in [0, 0.1) is 0 Å². The standard InChI is InChI=1S/C21H21ClN2O3/c22-19-8-6-18(7-9-19)21(15-24-11-10-23-16-24)26-14-20(27-21)13-25-12-17-4-2-1-3-5-17/h1-11,16,20H,12-15H2/t20-,21+/m0/s1. The van der Waals surface area contributed by atoms with Gasteiger partial charge in [-0.1, -0.05) is 54.1 Å². The second kappa shape index (κ2) is 8.23. The van der Waals surface area contributed by atoms with Crippen LogP contribution in [-0.4, -0.2) is 28.9 Å². The quantitative estimate of drug-likeness (QED) is 0.617. The maximum absolute atomic E-state index is 6.35. The molecule has 1 saturated heterocycles. The minimum absolute atomic E-state index is 0.145. The molecule has 2 heterocycles. The summed E-state index contributed by atoms with van der Waals surface area (Å²) in [4.78, 5) is 4.11. The van der Waals surface area contributed by atoms with Crippen molar-refractivity contribution in [3.05, 3.63) is 89.5 Å². The topological polar surface area (TPSA) is 45.5 Å². The van der Waals surface area contributed by atoms with Gasteiger partial charge in [-0.25, -0.2) is 4.98 Å². The van der Waals surface area contributed by atoms with Crippen LogP contribution >= 0.6 is 11.6 Å². The van der Waals surface area contributed by atoms with Crippen LogP contribution in [0.2, 0.25) is 5.02 Å². The monoisotopic (exact) mass is 384 g/mol. The van der Waals surface area contributed by atoms with Gasteiger partial charge >= 0.3 is 0 Å². The average Bonchev–Trinajstić information content (AvgIpc) is 3.34. The normalized spacial score (nSPS) is 22.2. The third-order valence-corrected chi connectivity index (χ3v) is 4.76. The Morgan fingerprint density at radius 1 is 1.15 bits per heavy atom. The summed E-state index contributed by atoms with van der Waals surface area (Å²) in [6.45, 7) is 1.99. The minimum atomic E-state index is -0.883. The summed E-state index contributed by atoms with van der Waals surface area (Å²) in [6, 6.07) is 17.7. The number of benzene rings is 2. The van der Waals surface area contributed by atoms with Gasteiger partial charge in [0.05, 0.1) is 32.7 Å². The van der Waals surface area contributed by atoms with Gasteiger partial charge in [0, 0.05) is 23.0 Å². The van der Waals surface area contributed by atoms with Crippen molar-refractivity contribution < 1.29 is 14.2 Å². The summed E-state index contributed by atoms with van der Waals surface area (Å²) in [5.74, 6) is -0.883. The lowest BCUT2D eigenvalue weighted by Gasteiger charge is -2.29. The maximum Gasteiger partial charge on any atom is 0.214 e. The largest absolute Gasteiger partial charge is 0.374 e. The highest BCUT2D eigenvalue weighted by molar-refractivity contribution is 6.30. The molecular formula is C21H21ClN2O3. The molecule has 6 heteroatoms. The number of hydrogen-bond donors (Lipinski definition) is 0. The van der Waals surface area contributed by atoms with Crippen molar-refractivity contribution in [2.45, 2.75) is 25.0 Å². The highest BCUT2D eigenvalue weighted by atomic mass is 35.5. The van der Waals surface area contributed by atoms with Gasteiger partial charge in [-0.15, -0.1) is 0 Å². The number of nitrogens with zero attached hydrogens (tertiary/aromatic N) is 2. The lowest BCUT2D eigenvalue weighted by atomic mass is 10.1. The Kier molecular flexibility index (Phi) is 5.55. The second-order valence-corrected chi connectivity index (χ2v) is 6.98. The van der Waals surface area contributed by atoms with Crippen LogP contribution < -0.4 is 0 Å². The summed E-state index contributed by atoms with van der Waals surface area (Å²) in [6.07, 6.45) is 5.24. The van der Waals surface area contributed by atoms with E-state index in [0.29, 0.717) is 31.4 Å². The van der Waals surface area contributed by atoms with E-state index < -0.39 is 5.79 Å². The van der Waals surface area contributed by atoms with Crippen LogP contribution in [-0.2, 0) is 33.1 Å². The van der Waals surface area contributed by atoms with Crippen molar-refractivity contribution >= 4 is 11.6 Å². The SMILES string of the molecule is Clc1ccc([C@]2(Cn3ccnc3)OC[C@H](COCc3ccccc3)O2)cc1. The number of hydrogen-bond acceptors (Lipinski definition) is 4. The highest BCUT2D eigenvalue weighted by Crippen LogP contribution is 2.36. The molecule has 0 radical (unpaired) electrons. The summed E-state index contributed by atoms with van der Waals surface area (Å²) >= 11 is 6.05. The third kappa shape index (κ3) is 4.39. The zero-order valence-electron chi connectivity index (χ0n) is 14.8. The fourth-order valence-corrected chi connectivity index (χ4v) is 3.31. The maximum atomic E-state index is 6.35. The van der Waals surface area contributed by atoms with E-state index in [0.717, 1.165) is 11.1 Å². The highest BCUT2D eigenvalue weighted by Gasteiger charge is 2.43. The molecular weight excluding hydrogens is 364 g/mol. The van der Waals surface area contributed by atoms with Gasteiger partial charge in [-0.2, -0.15) is 0 Å². The van der Waals surface area contributed by atoms with Crippen molar-refractivity contribution in [2.24, 2.45) is 0 Å². The van der Waals surface area contributed by atoms with Crippen LogP contribution in [0.15, 0.2) is 73.3 Å². The van der Waals surface area contributed by atoms with Gasteiger partial charge in [0.25, 0.3) is 0 Å². The predicted molar refractivity (Wildman–Crippen MR) is 102 cm³/mol. The summed E-state index contributed by atoms with van der Waals surface area (Å²) in [5, 5.41) is 0.678. The van der Waals surface area contributed by atoms with E-state index in [9.17, 15) is 0 Å². The first kappa shape index (κ1) is 18.2. The summed E-state index contributed by atoms with van der Waals surface area (Å²) in [5.41, 5.74) is 2.06. The van der Waals surface area contributed by atoms with Crippen LogP contribution in [0.5, 0.6) is 0 Å². The molecule has 1 fully saturated rings. The van der Waals surface area contributed by atoms with Gasteiger partial charge < -0.3 is 18.8 Å². The van der Waals surface area contributed by atoms with E-state index in [-0.39, 0.29) is 6.10 Å². The molecule has 0 unspecified atom stereocenters. The number of halogens is 1. The molecule has 0 N–H and O–H groups in total. The molecule has 0 amide bonds. The van der Waals surface area contributed by atoms with E-state index in [4.69, 9.17) is 25.8 Å². The Labute approximate surface area is 163 Å². The predicted octanol–water partition coefficient (Wildman–Crippen LogP) is 4.02. The number of ether oxygens (including phenoxy) is 3. The van der Waals surface area contributed by atoms with Crippen molar-refractivity contribution in [1.29, 1.82) is 0 Å². The lowest BCUT2D eigenvalue weighted by molar-refractivity contribution is -0.191. The molecule has 2 atom stereocenters. The number of aromatic nitrogens is 2. The molecule has 2 aromatic carbocycles. The van der Waals surface area contributed by atoms with Crippen LogP contribution in [0.25, 0.3) is 0 Å². The van der Waals surface area contributed by atoms with Gasteiger partial charge in [-0.05, 0) is 17.7 Å². The number of imidazole rings is 1. The Hall–Kier alpha value is -2.18. The summed E-state index contributed by atoms with van der Waals surface area (Å²) < 4.78 is 20.3. The lowest BCUT2D eigenvalue weighted by Crippen LogP contribution is -2.34. The molecule has 1 aromatic heterocycles. The molecule has 1 aliphatic rings. The third-order valence-electron chi connectivity index (χ3n) is 4.51. The van der Waals surface area contributed by atoms with E-state index in [1.807, 2.05) is 65.4 Å². The van der Waals surface area contributed by atoms with Crippen LogP contribution in [0.1, 0.15) is 11.1 Å². The Morgan fingerprint density at radius 3 is 2.70 bits per heavy atom. The molecule has 5 nitrogen and oxygen atoms in total. The molecule has 0 bridgehead atoms. The minimum Gasteiger partial charge on any atom is -0.374 e. The zero-order valence-corrected chi connectivity index (χ0v) is 15.6. The average molecular weight is 385 g/mol. The Balaban J connectivity index is 1.44. The first-order chi connectivity index (χ1) is 13.2. The van der Waals surface area contributed by atoms with Crippen molar-refractivity contribution in [2.75, 3.05) is 13.2 Å². The second-order valence-electron chi connectivity index (χ2n) is 6.55. The molecule has 27 heavy (non-hydrogen) atoms. The van der Waals surface area contributed by atoms with E-state index in [1.165, 1.54) is 0 Å². The van der Waals surface area contributed by atoms with Gasteiger partial charge in [0.15, 0.2) is 0 Å². The fraction of sp³-hybridized carbons (Fsp3) is 0.286. The van der Waals surface area contributed by atoms with Gasteiger partial charge in [0.1, 0.15) is 6.10 Å². The molecule has 0 saturated carbocycles. The number of rotatable bonds is 7. The summed E-state index contributed by atoms with van der Waals surface area (Å²) in [7, 11) is 0. The van der Waals surface area contributed by atoms with Gasteiger partial charge in [-0.3, -0.25) is 0 Å². The van der Waals surface area contributed by atoms with Crippen molar-refractivity contribution in [1.82, 2.24) is 9.55 Å². The first-order valence-corrected chi connectivity index (χ1v) is 9.26.